The van der Waals surface area contributed by atoms with E-state index in [-0.39, 0.29) is 17.9 Å². The zero-order valence-corrected chi connectivity index (χ0v) is 28.8. The summed E-state index contributed by atoms with van der Waals surface area (Å²) < 4.78 is 27.4. The van der Waals surface area contributed by atoms with Crippen molar-refractivity contribution >= 4 is 5.78 Å². The number of nitrogens with zero attached hydrogens (tertiary/aromatic N) is 1. The quantitative estimate of drug-likeness (QED) is 0.0996. The van der Waals surface area contributed by atoms with Crippen LogP contribution in [0.4, 0.5) is 0 Å². The normalized spacial score (nSPS) is 20.8. The Morgan fingerprint density at radius 1 is 0.480 bits per heavy atom. The van der Waals surface area contributed by atoms with Crippen LogP contribution in [0.1, 0.15) is 41.2 Å². The first-order valence-electron chi connectivity index (χ1n) is 17.5. The van der Waals surface area contributed by atoms with Crippen molar-refractivity contribution in [1.82, 2.24) is 4.90 Å². The van der Waals surface area contributed by atoms with Crippen LogP contribution in [0, 0.1) is 0 Å². The highest BCUT2D eigenvalue weighted by molar-refractivity contribution is 5.76. The van der Waals surface area contributed by atoms with Crippen LogP contribution in [0.25, 0.3) is 0 Å². The maximum Gasteiger partial charge on any atom is 0.131 e. The molecule has 0 aromatic heterocycles. The topological polar surface area (TPSA) is 57.2 Å². The lowest BCUT2D eigenvalue weighted by Crippen LogP contribution is -2.69. The van der Waals surface area contributed by atoms with Crippen molar-refractivity contribution in [3.05, 3.63) is 179 Å². The maximum absolute atomic E-state index is 13.1. The molecule has 1 fully saturated rings. The van der Waals surface area contributed by atoms with Crippen LogP contribution in [-0.4, -0.2) is 47.7 Å². The van der Waals surface area contributed by atoms with Crippen molar-refractivity contribution in [2.45, 2.75) is 76.7 Å². The minimum atomic E-state index is -0.496. The van der Waals surface area contributed by atoms with E-state index in [1.165, 1.54) is 0 Å². The molecule has 6 nitrogen and oxygen atoms in total. The summed E-state index contributed by atoms with van der Waals surface area (Å²) in [4.78, 5) is 15.5. The third kappa shape index (κ3) is 10.1. The van der Waals surface area contributed by atoms with E-state index in [9.17, 15) is 4.79 Å². The lowest BCUT2D eigenvalue weighted by Gasteiger charge is -2.53. The van der Waals surface area contributed by atoms with Crippen LogP contribution in [0.5, 0.6) is 0 Å². The molecule has 50 heavy (non-hydrogen) atoms. The number of carbonyl (C=O) groups excluding carboxylic acids is 1. The van der Waals surface area contributed by atoms with E-state index in [4.69, 9.17) is 18.9 Å². The van der Waals surface area contributed by atoms with Gasteiger partial charge in [-0.25, -0.2) is 0 Å². The van der Waals surface area contributed by atoms with Crippen molar-refractivity contribution in [2.75, 3.05) is 6.61 Å². The maximum atomic E-state index is 13.1. The monoisotopic (exact) mass is 669 g/mol. The first-order valence-corrected chi connectivity index (χ1v) is 17.5. The van der Waals surface area contributed by atoms with Crippen molar-refractivity contribution in [2.24, 2.45) is 0 Å². The third-order valence-electron chi connectivity index (χ3n) is 9.22. The largest absolute Gasteiger partial charge is 0.375 e. The second-order valence-electron chi connectivity index (χ2n) is 13.0. The fourth-order valence-electron chi connectivity index (χ4n) is 6.77. The number of Topliss-reactive ketones (excluding diaryl/α,β-unsaturated/α-hetero) is 1. The lowest BCUT2D eigenvalue weighted by atomic mass is 9.84. The van der Waals surface area contributed by atoms with Gasteiger partial charge in [0.2, 0.25) is 0 Å². The van der Waals surface area contributed by atoms with Crippen LogP contribution >= 0.6 is 0 Å². The highest BCUT2D eigenvalue weighted by Gasteiger charge is 2.51. The van der Waals surface area contributed by atoms with Gasteiger partial charge in [-0.15, -0.1) is 0 Å². The summed E-state index contributed by atoms with van der Waals surface area (Å²) in [6.45, 7) is 4.26. The molecule has 0 amide bonds. The number of hydrogen-bond donors (Lipinski definition) is 0. The Kier molecular flexibility index (Phi) is 13.1. The molecule has 1 aliphatic rings. The first-order chi connectivity index (χ1) is 24.6. The van der Waals surface area contributed by atoms with Crippen LogP contribution in [-0.2, 0) is 56.7 Å². The molecule has 1 unspecified atom stereocenters. The molecule has 5 aromatic carbocycles. The lowest BCUT2D eigenvalue weighted by molar-refractivity contribution is -0.231. The third-order valence-corrected chi connectivity index (χ3v) is 9.22. The Labute approximate surface area is 296 Å². The average molecular weight is 670 g/mol. The summed E-state index contributed by atoms with van der Waals surface area (Å²) in [5.74, 6) is 0.0933. The standard InChI is InChI=1S/C44H47NO5/c1-34(46)27-40-42(48-30-37-21-11-4-12-22-37)44(50-32-39-25-15-6-16-26-39)43(49-31-38-23-13-5-14-24-38)41(33-47-29-36-19-9-3-10-20-36)45(40)28-35-17-7-2-8-18-35/h2-26,40-44H,27-33H2,1H3/t40?,41-,42+,43-,44-/m1/s1. The van der Waals surface area contributed by atoms with Gasteiger partial charge in [0.1, 0.15) is 24.1 Å². The van der Waals surface area contributed by atoms with Crippen LogP contribution in [0.3, 0.4) is 0 Å². The molecule has 0 bridgehead atoms. The number of rotatable bonds is 17. The molecule has 5 atom stereocenters. The summed E-state index contributed by atoms with van der Waals surface area (Å²) in [6.07, 6.45) is -1.11. The van der Waals surface area contributed by atoms with Gasteiger partial charge in [0.05, 0.1) is 39.1 Å². The van der Waals surface area contributed by atoms with Gasteiger partial charge in [0.15, 0.2) is 0 Å². The fraction of sp³-hybridized carbons (Fsp3) is 0.295. The second-order valence-corrected chi connectivity index (χ2v) is 13.0. The van der Waals surface area contributed by atoms with Crippen LogP contribution < -0.4 is 0 Å². The van der Waals surface area contributed by atoms with Gasteiger partial charge in [-0.05, 0) is 34.7 Å². The Bertz CT molecular complexity index is 1690. The molecule has 1 heterocycles. The Morgan fingerprint density at radius 2 is 0.840 bits per heavy atom. The molecule has 0 N–H and O–H groups in total. The summed E-state index contributed by atoms with van der Waals surface area (Å²) in [7, 11) is 0. The molecule has 6 heteroatoms. The van der Waals surface area contributed by atoms with Crippen molar-refractivity contribution in [3.8, 4) is 0 Å². The Hall–Kier alpha value is -4.43. The molecule has 1 aliphatic heterocycles. The minimum absolute atomic E-state index is 0.0933. The van der Waals surface area contributed by atoms with Gasteiger partial charge in [0.25, 0.3) is 0 Å². The molecule has 0 spiro atoms. The number of ketones is 1. The molecule has 6 rings (SSSR count). The van der Waals surface area contributed by atoms with E-state index in [2.05, 4.69) is 77.7 Å². The number of carbonyl (C=O) groups is 1. The predicted molar refractivity (Wildman–Crippen MR) is 196 cm³/mol. The molecule has 1 saturated heterocycles. The fourth-order valence-corrected chi connectivity index (χ4v) is 6.77. The van der Waals surface area contributed by atoms with Crippen molar-refractivity contribution < 1.29 is 23.7 Å². The zero-order chi connectivity index (χ0) is 34.4. The van der Waals surface area contributed by atoms with Gasteiger partial charge in [-0.1, -0.05) is 152 Å². The van der Waals surface area contributed by atoms with E-state index in [0.717, 1.165) is 27.8 Å². The predicted octanol–water partition coefficient (Wildman–Crippen LogP) is 8.19. The van der Waals surface area contributed by atoms with Crippen molar-refractivity contribution in [1.29, 1.82) is 0 Å². The van der Waals surface area contributed by atoms with E-state index in [0.29, 0.717) is 46.0 Å². The van der Waals surface area contributed by atoms with Crippen molar-refractivity contribution in [3.63, 3.8) is 0 Å². The molecule has 0 aliphatic carbocycles. The zero-order valence-electron chi connectivity index (χ0n) is 28.8. The number of likely N-dealkylation sites (tertiary alicyclic amines) is 1. The van der Waals surface area contributed by atoms with Crippen LogP contribution in [0.15, 0.2) is 152 Å². The summed E-state index contributed by atoms with van der Waals surface area (Å²) in [5.41, 5.74) is 5.42. The second kappa shape index (κ2) is 18.5. The summed E-state index contributed by atoms with van der Waals surface area (Å²) in [5, 5.41) is 0. The average Bonchev–Trinajstić information content (AvgIpc) is 3.16. The molecular weight excluding hydrogens is 622 g/mol. The van der Waals surface area contributed by atoms with E-state index >= 15 is 0 Å². The van der Waals surface area contributed by atoms with Gasteiger partial charge in [0, 0.05) is 19.0 Å². The highest BCUT2D eigenvalue weighted by Crippen LogP contribution is 2.36. The molecule has 0 radical (unpaired) electrons. The number of benzene rings is 5. The van der Waals surface area contributed by atoms with Gasteiger partial charge >= 0.3 is 0 Å². The summed E-state index contributed by atoms with van der Waals surface area (Å²) in [6, 6.07) is 50.6. The summed E-state index contributed by atoms with van der Waals surface area (Å²) >= 11 is 0. The van der Waals surface area contributed by atoms with Gasteiger partial charge < -0.3 is 18.9 Å². The Morgan fingerprint density at radius 3 is 1.26 bits per heavy atom. The molecular formula is C44H47NO5. The molecule has 258 valence electrons. The number of piperidine rings is 1. The number of ether oxygens (including phenoxy) is 4. The van der Waals surface area contributed by atoms with E-state index in [1.54, 1.807) is 6.92 Å². The SMILES string of the molecule is CC(=O)CC1[C@H](OCc2ccccc2)[C@@H](OCc2ccccc2)[C@H](OCc2ccccc2)[C@@H](COCc2ccccc2)N1Cc1ccccc1. The molecule has 0 saturated carbocycles. The van der Waals surface area contributed by atoms with Gasteiger partial charge in [-0.2, -0.15) is 0 Å². The van der Waals surface area contributed by atoms with E-state index < -0.39 is 18.3 Å². The highest BCUT2D eigenvalue weighted by atomic mass is 16.6. The van der Waals surface area contributed by atoms with Gasteiger partial charge in [-0.3, -0.25) is 9.69 Å². The van der Waals surface area contributed by atoms with E-state index in [1.807, 2.05) is 78.9 Å². The number of hydrogen-bond acceptors (Lipinski definition) is 6. The Balaban J connectivity index is 1.40. The smallest absolute Gasteiger partial charge is 0.131 e. The first kappa shape index (κ1) is 35.4. The minimum Gasteiger partial charge on any atom is -0.375 e. The molecule has 5 aromatic rings. The van der Waals surface area contributed by atoms with Crippen LogP contribution in [0.2, 0.25) is 0 Å².